The number of hydrogen-bond acceptors (Lipinski definition) is 8. The van der Waals surface area contributed by atoms with Gasteiger partial charge in [0, 0.05) is 5.57 Å². The van der Waals surface area contributed by atoms with E-state index in [0.29, 0.717) is 17.5 Å². The number of rotatable bonds is 3. The molecule has 9 nitrogen and oxygen atoms in total. The number of fused-ring (bicyclic) bond motifs is 3. The average molecular weight is 476 g/mol. The predicted molar refractivity (Wildman–Crippen MR) is 125 cm³/mol. The van der Waals surface area contributed by atoms with Gasteiger partial charge in [-0.3, -0.25) is 14.4 Å². The fourth-order valence-electron chi connectivity index (χ4n) is 5.93. The smallest absolute Gasteiger partial charge is 0.255 e. The summed E-state index contributed by atoms with van der Waals surface area (Å²) >= 11 is 0. The second kappa shape index (κ2) is 7.99. The Balaban J connectivity index is 1.67. The van der Waals surface area contributed by atoms with Crippen LogP contribution in [0.4, 0.5) is 0 Å². The van der Waals surface area contributed by atoms with Gasteiger partial charge in [0.1, 0.15) is 28.6 Å². The minimum absolute atomic E-state index is 0.0327. The highest BCUT2D eigenvalue weighted by molar-refractivity contribution is 6.22. The molecule has 0 aliphatic heterocycles. The second-order valence-corrected chi connectivity index (χ2v) is 9.19. The van der Waals surface area contributed by atoms with Crippen LogP contribution in [0.25, 0.3) is 11.1 Å². The third-order valence-electron chi connectivity index (χ3n) is 7.42. The lowest BCUT2D eigenvalue weighted by Crippen LogP contribution is -2.53. The largest absolute Gasteiger partial charge is 0.511 e. The summed E-state index contributed by atoms with van der Waals surface area (Å²) in [5.74, 6) is -5.91. The number of allylic oxidation sites excluding steroid dienone is 2. The fourth-order valence-corrected chi connectivity index (χ4v) is 5.93. The number of likely N-dealkylation sites (N-methyl/N-ethyl adjacent to an activating group) is 1. The van der Waals surface area contributed by atoms with Crippen LogP contribution in [-0.2, 0) is 16.0 Å². The summed E-state index contributed by atoms with van der Waals surface area (Å²) in [6.45, 7) is 0. The summed E-state index contributed by atoms with van der Waals surface area (Å²) in [5.41, 5.74) is 6.88. The quantitative estimate of drug-likeness (QED) is 0.366. The van der Waals surface area contributed by atoms with E-state index in [1.54, 1.807) is 25.2 Å². The molecule has 7 N–H and O–H groups in total. The molecule has 0 heterocycles. The van der Waals surface area contributed by atoms with Gasteiger partial charge in [0.2, 0.25) is 0 Å². The van der Waals surface area contributed by atoms with Crippen LogP contribution >= 0.6 is 0 Å². The fraction of sp³-hybridized carbons (Fsp3) is 0.269. The lowest BCUT2D eigenvalue weighted by atomic mass is 9.61. The summed E-state index contributed by atoms with van der Waals surface area (Å²) < 4.78 is 0. The molecule has 0 fully saturated rings. The molecule has 1 amide bonds. The molecular weight excluding hydrogens is 452 g/mol. The van der Waals surface area contributed by atoms with E-state index >= 15 is 0 Å². The summed E-state index contributed by atoms with van der Waals surface area (Å²) in [4.78, 5) is 38.7. The number of nitrogens with one attached hydrogen (secondary N) is 1. The van der Waals surface area contributed by atoms with Gasteiger partial charge in [-0.15, -0.1) is 0 Å². The Morgan fingerprint density at radius 2 is 1.69 bits per heavy atom. The predicted octanol–water partition coefficient (Wildman–Crippen LogP) is 2.04. The van der Waals surface area contributed by atoms with Crippen molar-refractivity contribution in [2.24, 2.45) is 23.5 Å². The molecule has 3 unspecified atom stereocenters. The van der Waals surface area contributed by atoms with Gasteiger partial charge in [0.15, 0.2) is 11.6 Å². The Bertz CT molecular complexity index is 1360. The first-order valence-corrected chi connectivity index (χ1v) is 11.2. The van der Waals surface area contributed by atoms with E-state index in [9.17, 15) is 34.8 Å². The molecule has 35 heavy (non-hydrogen) atoms. The zero-order valence-corrected chi connectivity index (χ0v) is 18.8. The molecule has 5 rings (SSSR count). The van der Waals surface area contributed by atoms with Gasteiger partial charge < -0.3 is 31.5 Å². The van der Waals surface area contributed by atoms with E-state index in [4.69, 9.17) is 5.73 Å². The van der Waals surface area contributed by atoms with Crippen molar-refractivity contribution in [2.45, 2.75) is 18.9 Å². The van der Waals surface area contributed by atoms with Crippen molar-refractivity contribution in [3.05, 3.63) is 70.2 Å². The lowest BCUT2D eigenvalue weighted by molar-refractivity contribution is -0.126. The third kappa shape index (κ3) is 3.23. The molecule has 0 radical (unpaired) electrons. The molecule has 0 bridgehead atoms. The normalized spacial score (nSPS) is 25.7. The molecule has 2 aromatic rings. The molecule has 2 aromatic carbocycles. The number of carbonyl (C=O) groups is 3. The topological polar surface area (TPSA) is 170 Å². The number of ketones is 2. The number of phenolic OH excluding ortho intramolecular Hbond substituents is 2. The third-order valence-corrected chi connectivity index (χ3v) is 7.42. The minimum atomic E-state index is -1.22. The lowest BCUT2D eigenvalue weighted by Gasteiger charge is -2.44. The van der Waals surface area contributed by atoms with Crippen LogP contribution in [0.5, 0.6) is 11.5 Å². The molecule has 0 aromatic heterocycles. The number of aliphatic hydroxyl groups excluding tert-OH is 2. The molecule has 0 saturated carbocycles. The summed E-state index contributed by atoms with van der Waals surface area (Å²) in [6, 6.07) is 8.74. The van der Waals surface area contributed by atoms with E-state index < -0.39 is 58.4 Å². The first-order chi connectivity index (χ1) is 16.6. The summed E-state index contributed by atoms with van der Waals surface area (Å²) in [5, 5.41) is 45.0. The first-order valence-electron chi connectivity index (χ1n) is 11.2. The summed E-state index contributed by atoms with van der Waals surface area (Å²) in [7, 11) is 1.56. The van der Waals surface area contributed by atoms with Crippen LogP contribution in [0, 0.1) is 17.8 Å². The van der Waals surface area contributed by atoms with Gasteiger partial charge in [-0.1, -0.05) is 18.2 Å². The van der Waals surface area contributed by atoms with E-state index in [0.717, 1.165) is 5.56 Å². The van der Waals surface area contributed by atoms with Gasteiger partial charge >= 0.3 is 0 Å². The standard InChI is InChI=1S/C26H24N2O7/c1-28-21-15-9-11-8-14-13(10-2-4-12(29)5-3-10)6-7-16(30)18(14)22(31)17(11)23(32)19(15)24(33)20(25(21)34)26(27)35/h2-7,11,15,19,21,28-30,32,34H,8-9H2,1H3,(H2,27,35)/t11?,15?,19?,21-/m0/s1. The van der Waals surface area contributed by atoms with Crippen LogP contribution in [0.15, 0.2) is 59.1 Å². The molecule has 9 heteroatoms. The number of benzene rings is 2. The number of aromatic hydroxyl groups is 2. The van der Waals surface area contributed by atoms with Gasteiger partial charge in [-0.25, -0.2) is 0 Å². The molecule has 180 valence electrons. The number of hydrogen-bond donors (Lipinski definition) is 6. The van der Waals surface area contributed by atoms with Crippen molar-refractivity contribution in [2.75, 3.05) is 7.05 Å². The van der Waals surface area contributed by atoms with Crippen LogP contribution in [-0.4, -0.2) is 51.0 Å². The maximum absolute atomic E-state index is 13.6. The highest BCUT2D eigenvalue weighted by atomic mass is 16.3. The Kier molecular flexibility index (Phi) is 5.17. The van der Waals surface area contributed by atoms with E-state index in [1.165, 1.54) is 18.2 Å². The van der Waals surface area contributed by atoms with E-state index in [1.807, 2.05) is 0 Å². The van der Waals surface area contributed by atoms with Crippen molar-refractivity contribution >= 4 is 17.5 Å². The van der Waals surface area contributed by atoms with Crippen molar-refractivity contribution in [3.63, 3.8) is 0 Å². The zero-order valence-electron chi connectivity index (χ0n) is 18.8. The molecule has 0 spiro atoms. The zero-order chi connectivity index (χ0) is 25.2. The number of aliphatic hydroxyl groups is 2. The first kappa shape index (κ1) is 22.7. The van der Waals surface area contributed by atoms with E-state index in [-0.39, 0.29) is 29.1 Å². The Labute approximate surface area is 200 Å². The van der Waals surface area contributed by atoms with Gasteiger partial charge in [0.05, 0.1) is 17.5 Å². The van der Waals surface area contributed by atoms with Crippen LogP contribution < -0.4 is 11.1 Å². The molecular formula is C26H24N2O7. The van der Waals surface area contributed by atoms with Crippen LogP contribution in [0.2, 0.25) is 0 Å². The maximum Gasteiger partial charge on any atom is 0.255 e. The van der Waals surface area contributed by atoms with Gasteiger partial charge in [-0.05, 0) is 66.6 Å². The number of nitrogens with two attached hydrogens (primary N) is 1. The van der Waals surface area contributed by atoms with Gasteiger partial charge in [0.25, 0.3) is 5.91 Å². The van der Waals surface area contributed by atoms with E-state index in [2.05, 4.69) is 5.32 Å². The van der Waals surface area contributed by atoms with Crippen molar-refractivity contribution < 1.29 is 34.8 Å². The van der Waals surface area contributed by atoms with Gasteiger partial charge in [-0.2, -0.15) is 0 Å². The number of Topliss-reactive ketones (excluding diaryl/α,β-unsaturated/α-hetero) is 2. The second-order valence-electron chi connectivity index (χ2n) is 9.19. The minimum Gasteiger partial charge on any atom is -0.511 e. The highest BCUT2D eigenvalue weighted by Crippen LogP contribution is 2.50. The van der Waals surface area contributed by atoms with Crippen molar-refractivity contribution in [3.8, 4) is 22.6 Å². The highest BCUT2D eigenvalue weighted by Gasteiger charge is 2.53. The number of primary amides is 1. The number of phenols is 2. The molecule has 4 atom stereocenters. The number of carbonyl (C=O) groups excluding carboxylic acids is 3. The molecule has 0 saturated heterocycles. The monoisotopic (exact) mass is 476 g/mol. The Morgan fingerprint density at radius 3 is 2.31 bits per heavy atom. The maximum atomic E-state index is 13.6. The average Bonchev–Trinajstić information content (AvgIpc) is 2.79. The molecule has 3 aliphatic rings. The Hall–Kier alpha value is -4.11. The van der Waals surface area contributed by atoms with Crippen LogP contribution in [0.1, 0.15) is 22.3 Å². The van der Waals surface area contributed by atoms with Crippen molar-refractivity contribution in [1.82, 2.24) is 5.32 Å². The van der Waals surface area contributed by atoms with Crippen molar-refractivity contribution in [1.29, 1.82) is 0 Å². The Morgan fingerprint density at radius 1 is 1.00 bits per heavy atom. The molecule has 3 aliphatic carbocycles. The number of amides is 1. The SMILES string of the molecule is CN[C@@H]1C(O)=C(C(N)=O)C(=O)C2C(O)=C3C(=O)c4c(O)ccc(-c5ccc(O)cc5)c4CC3CC21. The summed E-state index contributed by atoms with van der Waals surface area (Å²) in [6.07, 6.45) is 0.569. The van der Waals surface area contributed by atoms with Crippen LogP contribution in [0.3, 0.4) is 0 Å².